The molecule has 3 aliphatic rings. The van der Waals surface area contributed by atoms with Crippen molar-refractivity contribution in [3.8, 4) is 0 Å². The lowest BCUT2D eigenvalue weighted by Gasteiger charge is -2.26. The summed E-state index contributed by atoms with van der Waals surface area (Å²) in [5.41, 5.74) is -1.40. The van der Waals surface area contributed by atoms with Gasteiger partial charge in [0, 0.05) is 0 Å². The molecule has 0 spiro atoms. The number of H-pyrrole nitrogens is 2. The maximum absolute atomic E-state index is 15.9. The zero-order valence-electron chi connectivity index (χ0n) is 21.7. The topological polar surface area (TPSA) is 217 Å². The Balaban J connectivity index is 1.21. The molecule has 0 aromatic carbocycles. The van der Waals surface area contributed by atoms with Gasteiger partial charge in [-0.2, -0.15) is 0 Å². The first-order chi connectivity index (χ1) is 20.9. The minimum Gasteiger partial charge on any atom is -0.346 e. The van der Waals surface area contributed by atoms with Crippen LogP contribution in [0.25, 0.3) is 22.3 Å². The number of hydrogen-bond acceptors (Lipinski definition) is 14. The summed E-state index contributed by atoms with van der Waals surface area (Å²) in [5.74, 6) is 0. The number of nitrogens with one attached hydrogen (secondary N) is 2. The first-order valence-electron chi connectivity index (χ1n) is 12.6. The van der Waals surface area contributed by atoms with Crippen molar-refractivity contribution in [3.63, 3.8) is 0 Å². The van der Waals surface area contributed by atoms with Crippen molar-refractivity contribution >= 4 is 60.4 Å². The quantitative estimate of drug-likeness (QED) is 0.173. The van der Waals surface area contributed by atoms with E-state index in [1.165, 1.54) is 4.57 Å². The van der Waals surface area contributed by atoms with Crippen molar-refractivity contribution in [2.24, 2.45) is 0 Å². The monoisotopic (exact) mass is 696 g/mol. The maximum atomic E-state index is 15.9. The number of aromatic amines is 2. The van der Waals surface area contributed by atoms with E-state index in [0.717, 1.165) is 29.9 Å². The normalized spacial score (nSPS) is 38.3. The number of thiol groups is 2. The molecule has 0 radical (unpaired) electrons. The highest BCUT2D eigenvalue weighted by molar-refractivity contribution is 8.44. The molecule has 3 fully saturated rings. The van der Waals surface area contributed by atoms with Gasteiger partial charge in [-0.25, -0.2) is 37.8 Å². The fraction of sp³-hybridized carbons (Fsp3) is 0.500. The molecule has 7 rings (SSSR count). The van der Waals surface area contributed by atoms with E-state index < -0.39 is 87.1 Å². The first-order valence-corrected chi connectivity index (χ1v) is 18.0. The van der Waals surface area contributed by atoms with Crippen LogP contribution in [-0.4, -0.2) is 89.0 Å². The average Bonchev–Trinajstić information content (AvgIpc) is 3.73. The highest BCUT2D eigenvalue weighted by atomic mass is 32.7. The van der Waals surface area contributed by atoms with Gasteiger partial charge in [-0.3, -0.25) is 36.8 Å². The van der Waals surface area contributed by atoms with Gasteiger partial charge in [0.05, 0.1) is 38.5 Å². The molecule has 4 aromatic rings. The van der Waals surface area contributed by atoms with Crippen LogP contribution in [-0.2, 0) is 36.7 Å². The van der Waals surface area contributed by atoms with Crippen LogP contribution in [0, 0.1) is 0 Å². The summed E-state index contributed by atoms with van der Waals surface area (Å²) in [6.07, 6.45) is -9.05. The molecule has 10 atom stereocenters. The van der Waals surface area contributed by atoms with Crippen LogP contribution in [0.4, 0.5) is 8.78 Å². The second kappa shape index (κ2) is 11.1. The van der Waals surface area contributed by atoms with Gasteiger partial charge in [-0.1, -0.05) is 24.5 Å². The van der Waals surface area contributed by atoms with E-state index in [1.807, 2.05) is 0 Å². The van der Waals surface area contributed by atoms with Crippen LogP contribution in [0.15, 0.2) is 34.9 Å². The van der Waals surface area contributed by atoms with Gasteiger partial charge in [0.1, 0.15) is 24.4 Å². The van der Waals surface area contributed by atoms with Gasteiger partial charge in [0.2, 0.25) is 0 Å². The van der Waals surface area contributed by atoms with Gasteiger partial charge in [0.25, 0.3) is 11.1 Å². The Kier molecular flexibility index (Phi) is 7.59. The molecule has 2 unspecified atom stereocenters. The van der Waals surface area contributed by atoms with E-state index in [2.05, 4.69) is 54.4 Å². The fourth-order valence-corrected chi connectivity index (χ4v) is 8.08. The Morgan fingerprint density at radius 1 is 0.750 bits per heavy atom. The lowest BCUT2D eigenvalue weighted by Crippen LogP contribution is -2.33. The lowest BCUT2D eigenvalue weighted by molar-refractivity contribution is -0.0563. The summed E-state index contributed by atoms with van der Waals surface area (Å²) in [6.45, 7) is -10.4. The van der Waals surface area contributed by atoms with E-state index in [0.29, 0.717) is 0 Å². The van der Waals surface area contributed by atoms with Crippen LogP contribution in [0.1, 0.15) is 12.5 Å². The Bertz CT molecular complexity index is 1960. The third kappa shape index (κ3) is 5.25. The number of halogens is 2. The van der Waals surface area contributed by atoms with Crippen molar-refractivity contribution in [2.75, 3.05) is 13.2 Å². The Morgan fingerprint density at radius 2 is 1.25 bits per heavy atom. The van der Waals surface area contributed by atoms with Crippen molar-refractivity contribution in [1.29, 1.82) is 0 Å². The number of nitrogens with zero attached hydrogens (tertiary/aromatic N) is 6. The third-order valence-electron chi connectivity index (χ3n) is 7.12. The highest BCUT2D eigenvalue weighted by Crippen LogP contribution is 2.60. The van der Waals surface area contributed by atoms with Crippen LogP contribution in [0.5, 0.6) is 0 Å². The van der Waals surface area contributed by atoms with Crippen LogP contribution >= 0.6 is 38.1 Å². The van der Waals surface area contributed by atoms with Crippen LogP contribution in [0.2, 0.25) is 0 Å². The largest absolute Gasteiger partial charge is 0.386 e. The van der Waals surface area contributed by atoms with Gasteiger partial charge in [0.15, 0.2) is 47.1 Å². The van der Waals surface area contributed by atoms with Crippen molar-refractivity contribution in [1.82, 2.24) is 39.0 Å². The molecule has 2 N–H and O–H groups in total. The fourth-order valence-electron chi connectivity index (χ4n) is 5.15. The van der Waals surface area contributed by atoms with Gasteiger partial charge < -0.3 is 19.4 Å². The first kappa shape index (κ1) is 30.2. The summed E-state index contributed by atoms with van der Waals surface area (Å²) in [5, 5.41) is 0. The van der Waals surface area contributed by atoms with Crippen molar-refractivity contribution in [3.05, 3.63) is 46.0 Å². The molecule has 24 heteroatoms. The molecular weight excluding hydrogens is 676 g/mol. The van der Waals surface area contributed by atoms with E-state index >= 15 is 8.78 Å². The van der Waals surface area contributed by atoms with Crippen molar-refractivity contribution < 1.29 is 45.5 Å². The second-order valence-corrected chi connectivity index (χ2v) is 15.6. The third-order valence-corrected chi connectivity index (χ3v) is 10.4. The molecule has 2 bridgehead atoms. The summed E-state index contributed by atoms with van der Waals surface area (Å²) < 4.78 is 93.8. The number of ether oxygens (including phenoxy) is 2. The maximum Gasteiger partial charge on any atom is 0.386 e. The minimum absolute atomic E-state index is 0.00826. The zero-order chi connectivity index (χ0) is 31.0. The van der Waals surface area contributed by atoms with E-state index in [4.69, 9.17) is 27.6 Å². The minimum atomic E-state index is -4.48. The standard InChI is InChI=1S/C20H20F2N8O10P2S2/c21-9-7-1-35-41(33,43)39-13-8(38-19(10(13)22)29-5-27-11-15(29)23-3-25-17(11)31)2-36-42(34,44)40-14(9)20(37-7)30-6-28-12-16(30)24-4-26-18(12)32/h3-10,13-14,19-20H,1-2H2,(H,33,43)(H,34,44)(H,23,25,31)(H,24,26,32)/t7-,8-,9+,10-,13-,14-,19-,20-,41?,42?/m1/s1. The predicted octanol–water partition coefficient (Wildman–Crippen LogP) is 1.62. The van der Waals surface area contributed by atoms with Crippen LogP contribution < -0.4 is 11.1 Å². The van der Waals surface area contributed by atoms with Gasteiger partial charge >= 0.3 is 13.6 Å². The number of imidazole rings is 2. The lowest BCUT2D eigenvalue weighted by atomic mass is 10.1. The summed E-state index contributed by atoms with van der Waals surface area (Å²) in [6, 6.07) is 0. The van der Waals surface area contributed by atoms with Crippen LogP contribution in [0.3, 0.4) is 0 Å². The Labute approximate surface area is 253 Å². The van der Waals surface area contributed by atoms with E-state index in [9.17, 15) is 18.7 Å². The second-order valence-electron chi connectivity index (χ2n) is 9.80. The van der Waals surface area contributed by atoms with Crippen molar-refractivity contribution in [2.45, 2.75) is 49.2 Å². The van der Waals surface area contributed by atoms with E-state index in [-0.39, 0.29) is 22.3 Å². The smallest absolute Gasteiger partial charge is 0.346 e. The molecule has 0 saturated carbocycles. The number of alkyl halides is 2. The number of fused-ring (bicyclic) bond motifs is 5. The molecule has 0 aliphatic carbocycles. The number of rotatable bonds is 2. The van der Waals surface area contributed by atoms with E-state index in [1.54, 1.807) is 0 Å². The predicted molar refractivity (Wildman–Crippen MR) is 149 cm³/mol. The summed E-state index contributed by atoms with van der Waals surface area (Å²) in [7, 11) is 0. The Morgan fingerprint density at radius 3 is 1.84 bits per heavy atom. The highest BCUT2D eigenvalue weighted by Gasteiger charge is 2.54. The number of hydrogen-bond donors (Lipinski definition) is 4. The summed E-state index contributed by atoms with van der Waals surface area (Å²) in [4.78, 5) is 44.9. The number of aromatic nitrogens is 8. The Hall–Kier alpha value is -2.52. The molecular formula is C20H20F2N8O10P2S2. The van der Waals surface area contributed by atoms with Gasteiger partial charge in [-0.15, -0.1) is 0 Å². The molecule has 18 nitrogen and oxygen atoms in total. The molecule has 44 heavy (non-hydrogen) atoms. The molecule has 236 valence electrons. The molecule has 0 amide bonds. The summed E-state index contributed by atoms with van der Waals surface area (Å²) >= 11 is 7.91. The molecule has 3 saturated heterocycles. The molecule has 3 aliphatic heterocycles. The molecule has 7 heterocycles. The van der Waals surface area contributed by atoms with Gasteiger partial charge in [-0.05, 0) is 0 Å². The average molecular weight is 697 g/mol. The zero-order valence-corrected chi connectivity index (χ0v) is 25.2. The SMILES string of the molecule is O=c1[nH]cnc2c1ncn2[C@@H]1O[C@@H]2COP(=O)(S)O[C@@H]3[C@@H](F)[C@@H](COP(=O)(S)O[C@H]2[C@H]1F)O[C@H]3n1cnc2c(=O)[nH]cnc21. The molecule has 4 aromatic heterocycles.